The zero-order valence-corrected chi connectivity index (χ0v) is 17.4. The van der Waals surface area contributed by atoms with E-state index in [1.54, 1.807) is 47.4 Å². The van der Waals surface area contributed by atoms with Crippen molar-refractivity contribution in [3.8, 4) is 0 Å². The highest BCUT2D eigenvalue weighted by atomic mass is 35.5. The van der Waals surface area contributed by atoms with E-state index < -0.39 is 0 Å². The lowest BCUT2D eigenvalue weighted by atomic mass is 9.95. The van der Waals surface area contributed by atoms with Crippen molar-refractivity contribution >= 4 is 52.3 Å². The van der Waals surface area contributed by atoms with Crippen molar-refractivity contribution in [2.45, 2.75) is 19.8 Å². The minimum atomic E-state index is -0.172. The second-order valence-corrected chi connectivity index (χ2v) is 7.78. The van der Waals surface area contributed by atoms with Gasteiger partial charge in [-0.1, -0.05) is 23.2 Å². The van der Waals surface area contributed by atoms with Crippen LogP contribution in [-0.2, 0) is 9.59 Å². The fourth-order valence-electron chi connectivity index (χ4n) is 3.26. The van der Waals surface area contributed by atoms with Crippen LogP contribution in [0.25, 0.3) is 0 Å². The molecule has 1 aliphatic rings. The number of likely N-dealkylation sites (tertiary alicyclic amines) is 1. The molecule has 0 atom stereocenters. The molecular formula is C21H21Cl2N3O3. The first-order valence-electron chi connectivity index (χ1n) is 9.26. The van der Waals surface area contributed by atoms with E-state index in [1.807, 2.05) is 0 Å². The first kappa shape index (κ1) is 21.1. The van der Waals surface area contributed by atoms with Gasteiger partial charge in [0.05, 0.1) is 10.6 Å². The van der Waals surface area contributed by atoms with Crippen molar-refractivity contribution in [3.63, 3.8) is 0 Å². The Kier molecular flexibility index (Phi) is 6.77. The summed E-state index contributed by atoms with van der Waals surface area (Å²) in [5.74, 6) is -0.550. The van der Waals surface area contributed by atoms with Crippen molar-refractivity contribution in [3.05, 3.63) is 58.1 Å². The summed E-state index contributed by atoms with van der Waals surface area (Å²) in [6, 6.07) is 11.7. The number of hydrogen-bond acceptors (Lipinski definition) is 3. The van der Waals surface area contributed by atoms with Gasteiger partial charge >= 0.3 is 0 Å². The van der Waals surface area contributed by atoms with E-state index in [1.165, 1.54) is 6.92 Å². The lowest BCUT2D eigenvalue weighted by Crippen LogP contribution is -2.41. The third kappa shape index (κ3) is 5.49. The lowest BCUT2D eigenvalue weighted by Gasteiger charge is -2.31. The van der Waals surface area contributed by atoms with E-state index in [0.717, 1.165) is 0 Å². The van der Waals surface area contributed by atoms with E-state index >= 15 is 0 Å². The fourth-order valence-corrected chi connectivity index (χ4v) is 3.75. The highest BCUT2D eigenvalue weighted by molar-refractivity contribution is 6.36. The summed E-state index contributed by atoms with van der Waals surface area (Å²) in [7, 11) is 0. The molecule has 0 aromatic heterocycles. The molecule has 0 spiro atoms. The Hall–Kier alpha value is -2.57. The van der Waals surface area contributed by atoms with Gasteiger partial charge in [-0.25, -0.2) is 0 Å². The highest BCUT2D eigenvalue weighted by Crippen LogP contribution is 2.26. The second kappa shape index (κ2) is 9.29. The number of nitrogens with zero attached hydrogens (tertiary/aromatic N) is 1. The molecule has 1 aliphatic heterocycles. The van der Waals surface area contributed by atoms with Gasteiger partial charge in [0.25, 0.3) is 5.91 Å². The van der Waals surface area contributed by atoms with E-state index in [2.05, 4.69) is 10.6 Å². The van der Waals surface area contributed by atoms with Crippen molar-refractivity contribution in [2.75, 3.05) is 23.7 Å². The number of carbonyl (C=O) groups excluding carboxylic acids is 3. The summed E-state index contributed by atoms with van der Waals surface area (Å²) in [5, 5.41) is 6.37. The van der Waals surface area contributed by atoms with E-state index in [0.29, 0.717) is 52.9 Å². The molecule has 152 valence electrons. The van der Waals surface area contributed by atoms with Gasteiger partial charge in [0.15, 0.2) is 0 Å². The van der Waals surface area contributed by atoms with Gasteiger partial charge in [-0.15, -0.1) is 0 Å². The predicted octanol–water partition coefficient (Wildman–Crippen LogP) is 4.44. The number of benzene rings is 2. The average Bonchev–Trinajstić information content (AvgIpc) is 2.69. The molecule has 1 heterocycles. The van der Waals surface area contributed by atoms with Crippen molar-refractivity contribution in [2.24, 2.45) is 5.92 Å². The van der Waals surface area contributed by atoms with Crippen LogP contribution < -0.4 is 10.6 Å². The number of hydrogen-bond donors (Lipinski definition) is 2. The predicted molar refractivity (Wildman–Crippen MR) is 114 cm³/mol. The maximum Gasteiger partial charge on any atom is 0.255 e. The number of amides is 3. The van der Waals surface area contributed by atoms with Crippen LogP contribution in [0.1, 0.15) is 30.1 Å². The highest BCUT2D eigenvalue weighted by Gasteiger charge is 2.28. The molecule has 6 nitrogen and oxygen atoms in total. The number of piperidine rings is 1. The van der Waals surface area contributed by atoms with E-state index in [-0.39, 0.29) is 23.6 Å². The molecule has 1 saturated heterocycles. The van der Waals surface area contributed by atoms with Gasteiger partial charge in [-0.2, -0.15) is 0 Å². The number of carbonyl (C=O) groups is 3. The minimum absolute atomic E-state index is 0.0751. The van der Waals surface area contributed by atoms with Crippen molar-refractivity contribution < 1.29 is 14.4 Å². The first-order valence-corrected chi connectivity index (χ1v) is 10.0. The summed E-state index contributed by atoms with van der Waals surface area (Å²) in [5.41, 5.74) is 1.75. The second-order valence-electron chi connectivity index (χ2n) is 6.94. The molecule has 0 saturated carbocycles. The zero-order valence-electron chi connectivity index (χ0n) is 15.9. The van der Waals surface area contributed by atoms with Crippen LogP contribution in [0.5, 0.6) is 0 Å². The molecule has 2 aromatic carbocycles. The molecule has 8 heteroatoms. The first-order chi connectivity index (χ1) is 13.8. The van der Waals surface area contributed by atoms with Crippen molar-refractivity contribution in [1.82, 2.24) is 4.90 Å². The van der Waals surface area contributed by atoms with Crippen LogP contribution >= 0.6 is 23.2 Å². The number of anilines is 2. The standard InChI is InChI=1S/C21H21Cl2N3O3/c1-13(27)24-16-3-5-17(6-4-16)25-20(28)14-8-10-26(11-9-14)21(29)18-7-2-15(22)12-19(18)23/h2-7,12,14H,8-11H2,1H3,(H,24,27)(H,25,28). The Labute approximate surface area is 179 Å². The molecule has 2 aromatic rings. The summed E-state index contributed by atoms with van der Waals surface area (Å²) >= 11 is 12.0. The summed E-state index contributed by atoms with van der Waals surface area (Å²) < 4.78 is 0. The molecule has 0 aliphatic carbocycles. The Morgan fingerprint density at radius 1 is 0.931 bits per heavy atom. The number of halogens is 2. The molecule has 3 rings (SSSR count). The topological polar surface area (TPSA) is 78.5 Å². The maximum absolute atomic E-state index is 12.7. The van der Waals surface area contributed by atoms with Gasteiger partial charge in [0.2, 0.25) is 11.8 Å². The Morgan fingerprint density at radius 2 is 1.52 bits per heavy atom. The molecular weight excluding hydrogens is 413 g/mol. The molecule has 29 heavy (non-hydrogen) atoms. The van der Waals surface area contributed by atoms with Crippen LogP contribution in [0.15, 0.2) is 42.5 Å². The maximum atomic E-state index is 12.7. The largest absolute Gasteiger partial charge is 0.339 e. The zero-order chi connectivity index (χ0) is 21.0. The lowest BCUT2D eigenvalue weighted by molar-refractivity contribution is -0.121. The quantitative estimate of drug-likeness (QED) is 0.747. The molecule has 0 radical (unpaired) electrons. The molecule has 2 N–H and O–H groups in total. The van der Waals surface area contributed by atoms with Gasteiger partial charge in [-0.05, 0) is 55.3 Å². The molecule has 3 amide bonds. The fraction of sp³-hybridized carbons (Fsp3) is 0.286. The van der Waals surface area contributed by atoms with Gasteiger partial charge in [0, 0.05) is 42.3 Å². The Bertz CT molecular complexity index is 923. The van der Waals surface area contributed by atoms with Crippen LogP contribution in [0.2, 0.25) is 10.0 Å². The number of rotatable bonds is 4. The normalized spacial score (nSPS) is 14.4. The Balaban J connectivity index is 1.54. The van der Waals surface area contributed by atoms with Crippen LogP contribution in [0, 0.1) is 5.92 Å². The van der Waals surface area contributed by atoms with E-state index in [4.69, 9.17) is 23.2 Å². The third-order valence-electron chi connectivity index (χ3n) is 4.79. The summed E-state index contributed by atoms with van der Waals surface area (Å²) in [6.45, 7) is 2.41. The molecule has 1 fully saturated rings. The Morgan fingerprint density at radius 3 is 2.07 bits per heavy atom. The SMILES string of the molecule is CC(=O)Nc1ccc(NC(=O)C2CCN(C(=O)c3ccc(Cl)cc3Cl)CC2)cc1. The molecule has 0 bridgehead atoms. The number of nitrogens with one attached hydrogen (secondary N) is 2. The van der Waals surface area contributed by atoms with Crippen LogP contribution in [0.3, 0.4) is 0 Å². The van der Waals surface area contributed by atoms with Gasteiger partial charge < -0.3 is 15.5 Å². The van der Waals surface area contributed by atoms with Gasteiger partial charge in [-0.3, -0.25) is 14.4 Å². The smallest absolute Gasteiger partial charge is 0.255 e. The van der Waals surface area contributed by atoms with Crippen molar-refractivity contribution in [1.29, 1.82) is 0 Å². The average molecular weight is 434 g/mol. The molecule has 0 unspecified atom stereocenters. The van der Waals surface area contributed by atoms with E-state index in [9.17, 15) is 14.4 Å². The third-order valence-corrected chi connectivity index (χ3v) is 5.34. The van der Waals surface area contributed by atoms with Gasteiger partial charge in [0.1, 0.15) is 0 Å². The van der Waals surface area contributed by atoms with Crippen LogP contribution in [-0.4, -0.2) is 35.7 Å². The van der Waals surface area contributed by atoms with Crippen LogP contribution in [0.4, 0.5) is 11.4 Å². The summed E-state index contributed by atoms with van der Waals surface area (Å²) in [4.78, 5) is 38.0. The minimum Gasteiger partial charge on any atom is -0.339 e. The monoisotopic (exact) mass is 433 g/mol. The summed E-state index contributed by atoms with van der Waals surface area (Å²) in [6.07, 6.45) is 1.15.